The summed E-state index contributed by atoms with van der Waals surface area (Å²) in [6, 6.07) is 1.55. The van der Waals surface area contributed by atoms with Crippen molar-refractivity contribution in [2.75, 3.05) is 38.6 Å². The first-order valence-corrected chi connectivity index (χ1v) is 6.15. The topological polar surface area (TPSA) is 56.7 Å². The molecule has 2 heterocycles. The minimum Gasteiger partial charge on any atom is -0.478 e. The SMILES string of the molecule is CN1CCC(CN(C)c2cnccc2C(=O)O)C1. The van der Waals surface area contributed by atoms with Crippen LogP contribution < -0.4 is 4.90 Å². The zero-order valence-corrected chi connectivity index (χ0v) is 10.8. The van der Waals surface area contributed by atoms with Crippen LogP contribution in [0.25, 0.3) is 0 Å². The van der Waals surface area contributed by atoms with Crippen molar-refractivity contribution in [3.63, 3.8) is 0 Å². The van der Waals surface area contributed by atoms with Crippen LogP contribution in [0.5, 0.6) is 0 Å². The summed E-state index contributed by atoms with van der Waals surface area (Å²) >= 11 is 0. The van der Waals surface area contributed by atoms with E-state index in [2.05, 4.69) is 16.9 Å². The van der Waals surface area contributed by atoms with Gasteiger partial charge in [-0.1, -0.05) is 0 Å². The van der Waals surface area contributed by atoms with Crippen molar-refractivity contribution in [1.29, 1.82) is 0 Å². The lowest BCUT2D eigenvalue weighted by Gasteiger charge is -2.24. The standard InChI is InChI=1S/C13H19N3O2/c1-15-6-4-10(8-15)9-16(2)12-7-14-5-3-11(12)13(17)18/h3,5,7,10H,4,6,8-9H2,1-2H3,(H,17,18). The fourth-order valence-corrected chi connectivity index (χ4v) is 2.53. The van der Waals surface area contributed by atoms with Gasteiger partial charge in [-0.2, -0.15) is 0 Å². The van der Waals surface area contributed by atoms with Crippen molar-refractivity contribution < 1.29 is 9.90 Å². The van der Waals surface area contributed by atoms with Gasteiger partial charge in [0.1, 0.15) is 0 Å². The maximum absolute atomic E-state index is 11.2. The fourth-order valence-electron chi connectivity index (χ4n) is 2.53. The van der Waals surface area contributed by atoms with Crippen LogP contribution in [0, 0.1) is 5.92 Å². The van der Waals surface area contributed by atoms with Crippen molar-refractivity contribution >= 4 is 11.7 Å². The molecule has 1 saturated heterocycles. The molecule has 0 bridgehead atoms. The van der Waals surface area contributed by atoms with Gasteiger partial charge < -0.3 is 14.9 Å². The van der Waals surface area contributed by atoms with Crippen molar-refractivity contribution in [2.45, 2.75) is 6.42 Å². The number of aromatic nitrogens is 1. The quantitative estimate of drug-likeness (QED) is 0.868. The van der Waals surface area contributed by atoms with E-state index in [1.165, 1.54) is 12.6 Å². The molecule has 2 rings (SSSR count). The largest absolute Gasteiger partial charge is 0.478 e. The Kier molecular flexibility index (Phi) is 3.81. The Morgan fingerprint density at radius 1 is 1.67 bits per heavy atom. The molecule has 1 atom stereocenters. The first-order chi connectivity index (χ1) is 8.58. The monoisotopic (exact) mass is 249 g/mol. The van der Waals surface area contributed by atoms with Gasteiger partial charge in [-0.05, 0) is 32.0 Å². The zero-order valence-electron chi connectivity index (χ0n) is 10.8. The van der Waals surface area contributed by atoms with Gasteiger partial charge in [-0.25, -0.2) is 4.79 Å². The molecule has 1 unspecified atom stereocenters. The summed E-state index contributed by atoms with van der Waals surface area (Å²) < 4.78 is 0. The molecule has 0 radical (unpaired) electrons. The average molecular weight is 249 g/mol. The molecule has 1 aliphatic heterocycles. The van der Waals surface area contributed by atoms with E-state index in [-0.39, 0.29) is 0 Å². The van der Waals surface area contributed by atoms with Crippen LogP contribution in [0.1, 0.15) is 16.8 Å². The van der Waals surface area contributed by atoms with Crippen molar-refractivity contribution in [3.8, 4) is 0 Å². The van der Waals surface area contributed by atoms with Crippen LogP contribution in [0.2, 0.25) is 0 Å². The Bertz CT molecular complexity index is 436. The minimum atomic E-state index is -0.900. The first-order valence-electron chi connectivity index (χ1n) is 6.15. The van der Waals surface area contributed by atoms with Crippen LogP contribution in [-0.2, 0) is 0 Å². The summed E-state index contributed by atoms with van der Waals surface area (Å²) in [7, 11) is 4.05. The maximum Gasteiger partial charge on any atom is 0.337 e. The smallest absolute Gasteiger partial charge is 0.337 e. The highest BCUT2D eigenvalue weighted by Crippen LogP contribution is 2.22. The van der Waals surface area contributed by atoms with Crippen molar-refractivity contribution in [3.05, 3.63) is 24.0 Å². The number of rotatable bonds is 4. The second kappa shape index (κ2) is 5.35. The predicted octanol–water partition coefficient (Wildman–Crippen LogP) is 1.17. The molecule has 5 nitrogen and oxygen atoms in total. The molecule has 1 aromatic heterocycles. The molecule has 0 aliphatic carbocycles. The number of nitrogens with zero attached hydrogens (tertiary/aromatic N) is 3. The molecule has 1 aliphatic rings. The predicted molar refractivity (Wildman–Crippen MR) is 70.1 cm³/mol. The lowest BCUT2D eigenvalue weighted by atomic mass is 10.1. The molecular weight excluding hydrogens is 230 g/mol. The Labute approximate surface area is 107 Å². The molecular formula is C13H19N3O2. The third-order valence-corrected chi connectivity index (χ3v) is 3.46. The highest BCUT2D eigenvalue weighted by Gasteiger charge is 2.22. The van der Waals surface area contributed by atoms with Crippen LogP contribution in [0.15, 0.2) is 18.5 Å². The van der Waals surface area contributed by atoms with E-state index in [9.17, 15) is 4.79 Å². The molecule has 1 N–H and O–H groups in total. The molecule has 18 heavy (non-hydrogen) atoms. The Morgan fingerprint density at radius 3 is 3.06 bits per heavy atom. The normalized spacial score (nSPS) is 20.0. The maximum atomic E-state index is 11.2. The number of anilines is 1. The van der Waals surface area contributed by atoms with E-state index in [1.54, 1.807) is 12.3 Å². The molecule has 0 saturated carbocycles. The summed E-state index contributed by atoms with van der Waals surface area (Å²) in [5.74, 6) is -0.301. The molecule has 1 fully saturated rings. The summed E-state index contributed by atoms with van der Waals surface area (Å²) in [6.07, 6.45) is 4.32. The zero-order chi connectivity index (χ0) is 13.1. The number of carboxylic acid groups (broad SMARTS) is 1. The number of carbonyl (C=O) groups is 1. The molecule has 98 valence electrons. The fraction of sp³-hybridized carbons (Fsp3) is 0.538. The van der Waals surface area contributed by atoms with Gasteiger partial charge in [0.15, 0.2) is 0 Å². The third kappa shape index (κ3) is 2.79. The van der Waals surface area contributed by atoms with Gasteiger partial charge in [-0.15, -0.1) is 0 Å². The van der Waals surface area contributed by atoms with Crippen LogP contribution >= 0.6 is 0 Å². The van der Waals surface area contributed by atoms with E-state index in [0.717, 1.165) is 19.6 Å². The van der Waals surface area contributed by atoms with Crippen molar-refractivity contribution in [2.24, 2.45) is 5.92 Å². The van der Waals surface area contributed by atoms with Gasteiger partial charge >= 0.3 is 5.97 Å². The summed E-state index contributed by atoms with van der Waals surface area (Å²) in [5, 5.41) is 9.15. The van der Waals surface area contributed by atoms with Gasteiger partial charge in [0, 0.05) is 26.3 Å². The van der Waals surface area contributed by atoms with Gasteiger partial charge in [0.25, 0.3) is 0 Å². The number of carboxylic acids is 1. The number of aromatic carboxylic acids is 1. The molecule has 0 aromatic carbocycles. The van der Waals surface area contributed by atoms with E-state index in [4.69, 9.17) is 5.11 Å². The van der Waals surface area contributed by atoms with E-state index < -0.39 is 5.97 Å². The van der Waals surface area contributed by atoms with E-state index >= 15 is 0 Å². The Balaban J connectivity index is 2.09. The van der Waals surface area contributed by atoms with Crippen LogP contribution in [0.3, 0.4) is 0 Å². The molecule has 0 spiro atoms. The van der Waals surface area contributed by atoms with Gasteiger partial charge in [0.2, 0.25) is 0 Å². The van der Waals surface area contributed by atoms with Crippen LogP contribution in [0.4, 0.5) is 5.69 Å². The van der Waals surface area contributed by atoms with Crippen molar-refractivity contribution in [1.82, 2.24) is 9.88 Å². The highest BCUT2D eigenvalue weighted by atomic mass is 16.4. The summed E-state index contributed by atoms with van der Waals surface area (Å²) in [5.41, 5.74) is 1.01. The Morgan fingerprint density at radius 2 is 2.44 bits per heavy atom. The number of hydrogen-bond acceptors (Lipinski definition) is 4. The van der Waals surface area contributed by atoms with Crippen LogP contribution in [-0.4, -0.2) is 54.7 Å². The van der Waals surface area contributed by atoms with Gasteiger partial charge in [0.05, 0.1) is 17.4 Å². The summed E-state index contributed by atoms with van der Waals surface area (Å²) in [4.78, 5) is 19.5. The number of hydrogen-bond donors (Lipinski definition) is 1. The van der Waals surface area contributed by atoms with E-state index in [0.29, 0.717) is 17.2 Å². The lowest BCUT2D eigenvalue weighted by Crippen LogP contribution is -2.28. The summed E-state index contributed by atoms with van der Waals surface area (Å²) in [6.45, 7) is 3.07. The second-order valence-corrected chi connectivity index (χ2v) is 5.00. The highest BCUT2D eigenvalue weighted by molar-refractivity contribution is 5.94. The minimum absolute atomic E-state index is 0.318. The van der Waals surface area contributed by atoms with E-state index in [1.807, 2.05) is 11.9 Å². The Hall–Kier alpha value is -1.62. The molecule has 0 amide bonds. The first kappa shape index (κ1) is 12.8. The molecule has 1 aromatic rings. The average Bonchev–Trinajstić information content (AvgIpc) is 2.74. The number of likely N-dealkylation sites (tertiary alicyclic amines) is 1. The molecule has 5 heteroatoms. The third-order valence-electron chi connectivity index (χ3n) is 3.46. The second-order valence-electron chi connectivity index (χ2n) is 5.00. The lowest BCUT2D eigenvalue weighted by molar-refractivity contribution is 0.0697. The van der Waals surface area contributed by atoms with Gasteiger partial charge in [-0.3, -0.25) is 4.98 Å². The number of pyridine rings is 1.